The van der Waals surface area contributed by atoms with E-state index in [2.05, 4.69) is 25.3 Å². The molecule has 0 rings (SSSR count). The van der Waals surface area contributed by atoms with Crippen molar-refractivity contribution in [2.24, 2.45) is 0 Å². The molecule has 2 heteroatoms. The zero-order chi connectivity index (χ0) is 5.91. The van der Waals surface area contributed by atoms with Crippen molar-refractivity contribution in [1.29, 1.82) is 0 Å². The van der Waals surface area contributed by atoms with Gasteiger partial charge >= 0.3 is 49.2 Å². The fourth-order valence-electron chi connectivity index (χ4n) is 0.224. The summed E-state index contributed by atoms with van der Waals surface area (Å²) in [7, 11) is 0. The van der Waals surface area contributed by atoms with E-state index in [0.717, 1.165) is 0 Å². The third-order valence-electron chi connectivity index (χ3n) is 1.71. The molecule has 0 aromatic carbocycles. The second kappa shape index (κ2) is 5.10. The van der Waals surface area contributed by atoms with Crippen LogP contribution in [0.25, 0.3) is 0 Å². The van der Waals surface area contributed by atoms with Crippen LogP contribution in [0.4, 0.5) is 0 Å². The first-order valence-corrected chi connectivity index (χ1v) is 9.35. The Labute approximate surface area is 72.9 Å². The maximum Gasteiger partial charge on any atom is -1.00 e. The molecule has 0 aliphatic rings. The fourth-order valence-corrected chi connectivity index (χ4v) is 1.16. The molecule has 0 atom stereocenters. The van der Waals surface area contributed by atoms with E-state index >= 15 is 0 Å². The normalized spacial score (nSPS) is 10.5. The van der Waals surface area contributed by atoms with Crippen LogP contribution in [0, 0.1) is 0 Å². The van der Waals surface area contributed by atoms with Crippen LogP contribution >= 0.6 is 0 Å². The molecular formula is C6H16AsI. The molecule has 8 heavy (non-hydrogen) atoms. The van der Waals surface area contributed by atoms with Crippen LogP contribution in [-0.4, -0.2) is 13.6 Å². The van der Waals surface area contributed by atoms with Crippen molar-refractivity contribution in [3.63, 3.8) is 0 Å². The summed E-state index contributed by atoms with van der Waals surface area (Å²) in [5.41, 5.74) is 4.94. The molecule has 0 aliphatic carbocycles. The average molecular weight is 290 g/mol. The molecule has 0 aromatic rings. The van der Waals surface area contributed by atoms with Crippen molar-refractivity contribution >= 4 is 13.6 Å². The molecule has 0 fully saturated rings. The molecule has 0 saturated heterocycles. The molecule has 0 heterocycles. The van der Waals surface area contributed by atoms with E-state index in [1.54, 1.807) is 0 Å². The number of hydrogen-bond acceptors (Lipinski definition) is 0. The largest absolute Gasteiger partial charge is 1.00 e. The molecule has 0 radical (unpaired) electrons. The van der Waals surface area contributed by atoms with Crippen molar-refractivity contribution < 1.29 is 24.0 Å². The smallest absolute Gasteiger partial charge is 1.00 e. The molecule has 52 valence electrons. The number of halogens is 1. The van der Waals surface area contributed by atoms with Crippen LogP contribution in [0.5, 0.6) is 0 Å². The Balaban J connectivity index is 0. The monoisotopic (exact) mass is 290 g/mol. The van der Waals surface area contributed by atoms with Gasteiger partial charge in [0, 0.05) is 0 Å². The minimum atomic E-state index is -0.944. The van der Waals surface area contributed by atoms with E-state index in [1.165, 1.54) is 10.4 Å². The van der Waals surface area contributed by atoms with Gasteiger partial charge in [-0.1, -0.05) is 0 Å². The Morgan fingerprint density at radius 1 is 1.00 bits per heavy atom. The first-order chi connectivity index (χ1) is 3.12. The SMILES string of the molecule is CC[As+](C)(C)CC.[I-]. The summed E-state index contributed by atoms with van der Waals surface area (Å²) < 4.78 is 0. The first-order valence-electron chi connectivity index (χ1n) is 2.94. The maximum absolute atomic E-state index is 2.47. The molecule has 0 bridgehead atoms. The summed E-state index contributed by atoms with van der Waals surface area (Å²) >= 11 is -0.944. The van der Waals surface area contributed by atoms with E-state index in [1.807, 2.05) is 0 Å². The van der Waals surface area contributed by atoms with Crippen molar-refractivity contribution in [2.75, 3.05) is 0 Å². The van der Waals surface area contributed by atoms with Gasteiger partial charge in [0.05, 0.1) is 0 Å². The zero-order valence-electron chi connectivity index (χ0n) is 6.24. The predicted molar refractivity (Wildman–Crippen MR) is 38.4 cm³/mol. The Morgan fingerprint density at radius 3 is 1.25 bits per heavy atom. The van der Waals surface area contributed by atoms with Gasteiger partial charge < -0.3 is 24.0 Å². The number of hydrogen-bond donors (Lipinski definition) is 0. The Morgan fingerprint density at radius 2 is 1.25 bits per heavy atom. The molecule has 0 N–H and O–H groups in total. The molecule has 0 amide bonds. The van der Waals surface area contributed by atoms with Gasteiger partial charge in [0.2, 0.25) is 0 Å². The fraction of sp³-hybridized carbons (Fsp3) is 1.00. The summed E-state index contributed by atoms with van der Waals surface area (Å²) in [5.74, 6) is 0. The molecular weight excluding hydrogens is 274 g/mol. The Hall–Kier alpha value is 1.29. The van der Waals surface area contributed by atoms with Gasteiger partial charge in [0.25, 0.3) is 0 Å². The summed E-state index contributed by atoms with van der Waals surface area (Å²) in [6, 6.07) is 0. The third-order valence-corrected chi connectivity index (χ3v) is 8.90. The van der Waals surface area contributed by atoms with Crippen molar-refractivity contribution in [1.82, 2.24) is 0 Å². The summed E-state index contributed by atoms with van der Waals surface area (Å²) in [6.07, 6.45) is 0. The summed E-state index contributed by atoms with van der Waals surface area (Å²) in [5, 5.41) is 2.93. The number of rotatable bonds is 2. The van der Waals surface area contributed by atoms with Crippen molar-refractivity contribution in [2.45, 2.75) is 35.7 Å². The molecule has 0 spiro atoms. The summed E-state index contributed by atoms with van der Waals surface area (Å²) in [6.45, 7) is 4.63. The van der Waals surface area contributed by atoms with Gasteiger partial charge in [-0.25, -0.2) is 0 Å². The van der Waals surface area contributed by atoms with E-state index in [0.29, 0.717) is 0 Å². The minimum Gasteiger partial charge on any atom is -1.00 e. The van der Waals surface area contributed by atoms with Crippen molar-refractivity contribution in [3.05, 3.63) is 0 Å². The summed E-state index contributed by atoms with van der Waals surface area (Å²) in [4.78, 5) is 0. The second-order valence-corrected chi connectivity index (χ2v) is 13.3. The van der Waals surface area contributed by atoms with E-state index in [-0.39, 0.29) is 24.0 Å². The molecule has 0 nitrogen and oxygen atoms in total. The van der Waals surface area contributed by atoms with Crippen LogP contribution < -0.4 is 24.0 Å². The zero-order valence-corrected chi connectivity index (χ0v) is 10.3. The van der Waals surface area contributed by atoms with Gasteiger partial charge in [0.1, 0.15) is 0 Å². The van der Waals surface area contributed by atoms with Gasteiger partial charge in [-0.05, 0) is 0 Å². The van der Waals surface area contributed by atoms with Crippen molar-refractivity contribution in [3.8, 4) is 0 Å². The molecule has 0 unspecified atom stereocenters. The van der Waals surface area contributed by atoms with E-state index in [9.17, 15) is 0 Å². The topological polar surface area (TPSA) is 0 Å². The van der Waals surface area contributed by atoms with Crippen LogP contribution in [-0.2, 0) is 0 Å². The molecule has 0 aromatic heterocycles. The second-order valence-electron chi connectivity index (χ2n) is 2.57. The Kier molecular flexibility index (Phi) is 7.66. The minimum absolute atomic E-state index is 0. The average Bonchev–Trinajstić information content (AvgIpc) is 1.68. The van der Waals surface area contributed by atoms with E-state index < -0.39 is 13.6 Å². The van der Waals surface area contributed by atoms with Gasteiger partial charge in [-0.15, -0.1) is 0 Å². The Bertz CT molecular complexity index is 46.5. The van der Waals surface area contributed by atoms with Gasteiger partial charge in [0.15, 0.2) is 0 Å². The van der Waals surface area contributed by atoms with Gasteiger partial charge in [-0.3, -0.25) is 0 Å². The van der Waals surface area contributed by atoms with E-state index in [4.69, 9.17) is 0 Å². The third kappa shape index (κ3) is 5.43. The van der Waals surface area contributed by atoms with Crippen LogP contribution in [0.3, 0.4) is 0 Å². The quantitative estimate of drug-likeness (QED) is 0.485. The maximum atomic E-state index is 2.47. The molecule has 0 aliphatic heterocycles. The van der Waals surface area contributed by atoms with Crippen LogP contribution in [0.1, 0.15) is 13.8 Å². The van der Waals surface area contributed by atoms with Crippen LogP contribution in [0.2, 0.25) is 21.8 Å². The molecule has 0 saturated carbocycles. The van der Waals surface area contributed by atoms with Crippen LogP contribution in [0.15, 0.2) is 0 Å². The van der Waals surface area contributed by atoms with Gasteiger partial charge in [-0.2, -0.15) is 0 Å². The standard InChI is InChI=1S/C6H16As.HI/c1-5-7(3,4)6-2;/h5-6H2,1-4H3;1H/q+1;/p-1. The predicted octanol–water partition coefficient (Wildman–Crippen LogP) is -0.261. The first kappa shape index (κ1) is 12.0.